The SMILES string of the molecule is CC1(C)c2ccccc2[C@@H]2N=C(c3[c-]c(Oc4ccc5cccc(O)c5n4)ccc3)S[C@@]21C.[Pt]. The monoisotopic (exact) mass is 646 g/mol. The predicted molar refractivity (Wildman–Crippen MR) is 134 cm³/mol. The summed E-state index contributed by atoms with van der Waals surface area (Å²) in [6.45, 7) is 6.97. The van der Waals surface area contributed by atoms with Gasteiger partial charge in [0.1, 0.15) is 11.3 Å². The molecule has 4 aromatic rings. The van der Waals surface area contributed by atoms with E-state index >= 15 is 0 Å². The van der Waals surface area contributed by atoms with Gasteiger partial charge in [-0.25, -0.2) is 4.98 Å². The Bertz CT molecular complexity index is 1450. The number of benzene rings is 3. The van der Waals surface area contributed by atoms with Crippen LogP contribution in [0.25, 0.3) is 10.9 Å². The molecule has 1 aromatic heterocycles. The number of phenolic OH excluding ortho intramolecular Hbond substituents is 1. The number of hydrogen-bond acceptors (Lipinski definition) is 5. The third-order valence-corrected chi connectivity index (χ3v) is 8.81. The quantitative estimate of drug-likeness (QED) is 0.249. The number of ether oxygens (including phenoxy) is 1. The van der Waals surface area contributed by atoms with Gasteiger partial charge in [-0.05, 0) is 30.2 Å². The molecule has 1 aliphatic heterocycles. The first-order chi connectivity index (χ1) is 15.9. The van der Waals surface area contributed by atoms with Crippen molar-refractivity contribution in [2.75, 3.05) is 0 Å². The van der Waals surface area contributed by atoms with Gasteiger partial charge in [-0.1, -0.05) is 56.3 Å². The van der Waals surface area contributed by atoms with Crippen LogP contribution in [0.3, 0.4) is 0 Å². The zero-order valence-electron chi connectivity index (χ0n) is 19.0. The molecule has 0 radical (unpaired) electrons. The normalized spacial score (nSPS) is 22.0. The molecule has 6 heteroatoms. The van der Waals surface area contributed by atoms with Gasteiger partial charge in [0.05, 0.1) is 6.04 Å². The molecule has 1 aliphatic carbocycles. The Kier molecular flexibility index (Phi) is 5.61. The van der Waals surface area contributed by atoms with Gasteiger partial charge in [-0.3, -0.25) is 0 Å². The summed E-state index contributed by atoms with van der Waals surface area (Å²) in [4.78, 5) is 9.64. The van der Waals surface area contributed by atoms with Crippen molar-refractivity contribution in [3.63, 3.8) is 0 Å². The van der Waals surface area contributed by atoms with Crippen LogP contribution in [0.1, 0.15) is 43.5 Å². The average molecular weight is 647 g/mol. The second kappa shape index (κ2) is 8.25. The summed E-state index contributed by atoms with van der Waals surface area (Å²) in [6, 6.07) is 27.0. The van der Waals surface area contributed by atoms with Crippen LogP contribution in [0.4, 0.5) is 0 Å². The molecule has 0 bridgehead atoms. The van der Waals surface area contributed by atoms with Crippen molar-refractivity contribution >= 4 is 27.7 Å². The summed E-state index contributed by atoms with van der Waals surface area (Å²) in [6.07, 6.45) is 0. The van der Waals surface area contributed by atoms with Gasteiger partial charge in [0.15, 0.2) is 0 Å². The van der Waals surface area contributed by atoms with Crippen molar-refractivity contribution in [3.8, 4) is 17.4 Å². The molecule has 6 rings (SSSR count). The predicted octanol–water partition coefficient (Wildman–Crippen LogP) is 6.81. The Morgan fingerprint density at radius 1 is 0.941 bits per heavy atom. The number of hydrogen-bond donors (Lipinski definition) is 1. The summed E-state index contributed by atoms with van der Waals surface area (Å²) in [5, 5.41) is 12.0. The number of para-hydroxylation sites is 1. The Morgan fingerprint density at radius 3 is 2.59 bits per heavy atom. The van der Waals surface area contributed by atoms with Crippen LogP contribution in [0, 0.1) is 6.07 Å². The van der Waals surface area contributed by atoms with E-state index in [1.54, 1.807) is 18.2 Å². The molecule has 0 unspecified atom stereocenters. The maximum absolute atomic E-state index is 10.1. The molecule has 4 nitrogen and oxygen atoms in total. The summed E-state index contributed by atoms with van der Waals surface area (Å²) >= 11 is 1.83. The van der Waals surface area contributed by atoms with Crippen LogP contribution >= 0.6 is 11.8 Å². The molecule has 0 spiro atoms. The van der Waals surface area contributed by atoms with Crippen molar-refractivity contribution in [1.29, 1.82) is 0 Å². The molecule has 34 heavy (non-hydrogen) atoms. The first-order valence-electron chi connectivity index (χ1n) is 11.0. The molecule has 0 amide bonds. The first kappa shape index (κ1) is 23.1. The summed E-state index contributed by atoms with van der Waals surface area (Å²) < 4.78 is 5.95. The number of aromatic nitrogens is 1. The van der Waals surface area contributed by atoms with Crippen molar-refractivity contribution in [1.82, 2.24) is 4.98 Å². The van der Waals surface area contributed by atoms with E-state index in [2.05, 4.69) is 56.1 Å². The van der Waals surface area contributed by atoms with E-state index in [9.17, 15) is 5.11 Å². The van der Waals surface area contributed by atoms with E-state index in [0.29, 0.717) is 17.1 Å². The maximum atomic E-state index is 10.1. The van der Waals surface area contributed by atoms with Crippen LogP contribution in [0.5, 0.6) is 17.4 Å². The number of rotatable bonds is 3. The largest absolute Gasteiger partial charge is 0.506 e. The number of phenols is 1. The van der Waals surface area contributed by atoms with Crippen LogP contribution in [0.2, 0.25) is 0 Å². The fraction of sp³-hybridized carbons (Fsp3) is 0.214. The van der Waals surface area contributed by atoms with Gasteiger partial charge in [-0.2, -0.15) is 0 Å². The zero-order valence-corrected chi connectivity index (χ0v) is 22.1. The number of nitrogens with zero attached hydrogens (tertiary/aromatic N) is 2. The molecular formula is C28H23N2O2PtS-. The zero-order chi connectivity index (χ0) is 22.8. The minimum absolute atomic E-state index is 0. The van der Waals surface area contributed by atoms with Crippen LogP contribution in [-0.2, 0) is 26.5 Å². The van der Waals surface area contributed by atoms with Gasteiger partial charge in [0, 0.05) is 53.5 Å². The van der Waals surface area contributed by atoms with Gasteiger partial charge in [0.25, 0.3) is 0 Å². The molecule has 2 atom stereocenters. The van der Waals surface area contributed by atoms with Crippen LogP contribution < -0.4 is 4.74 Å². The van der Waals surface area contributed by atoms with Crippen molar-refractivity contribution in [2.24, 2.45) is 4.99 Å². The molecule has 174 valence electrons. The van der Waals surface area contributed by atoms with E-state index in [0.717, 1.165) is 16.0 Å². The average Bonchev–Trinajstić information content (AvgIpc) is 3.25. The molecule has 2 heterocycles. The van der Waals surface area contributed by atoms with E-state index in [1.807, 2.05) is 42.1 Å². The Balaban J connectivity index is 0.00000241. The Morgan fingerprint density at radius 2 is 1.74 bits per heavy atom. The third kappa shape index (κ3) is 3.40. The standard InChI is InChI=1S/C28H23N2O2S.Pt/c1-27(2)21-12-5-4-11-20(21)25-28(27,3)33-26(30-25)18-9-6-10-19(16-18)32-23-15-14-17-8-7-13-22(31)24(17)29-23;/h4-15,25,31H,1-3H3;/q-1;/t25-,28-;/m0./s1. The molecule has 0 saturated heterocycles. The molecule has 0 fully saturated rings. The fourth-order valence-corrected chi connectivity index (χ4v) is 6.42. The van der Waals surface area contributed by atoms with E-state index < -0.39 is 0 Å². The molecule has 2 aliphatic rings. The molecule has 1 N–H and O–H groups in total. The second-order valence-electron chi connectivity index (χ2n) is 9.29. The van der Waals surface area contributed by atoms with Crippen LogP contribution in [-0.4, -0.2) is 19.9 Å². The first-order valence-corrected chi connectivity index (χ1v) is 11.8. The van der Waals surface area contributed by atoms with Crippen LogP contribution in [0.15, 0.2) is 77.8 Å². The van der Waals surface area contributed by atoms with Gasteiger partial charge < -0.3 is 14.8 Å². The van der Waals surface area contributed by atoms with Crippen molar-refractivity contribution in [3.05, 3.63) is 95.6 Å². The Hall–Kier alpha value is -2.62. The van der Waals surface area contributed by atoms with Crippen molar-refractivity contribution < 1.29 is 30.9 Å². The van der Waals surface area contributed by atoms with Gasteiger partial charge >= 0.3 is 0 Å². The number of thioether (sulfide) groups is 1. The molecule has 0 saturated carbocycles. The van der Waals surface area contributed by atoms with E-state index in [1.165, 1.54) is 11.1 Å². The topological polar surface area (TPSA) is 54.7 Å². The summed E-state index contributed by atoms with van der Waals surface area (Å²) in [5.74, 6) is 1.12. The third-order valence-electron chi connectivity index (χ3n) is 7.13. The number of pyridine rings is 1. The summed E-state index contributed by atoms with van der Waals surface area (Å²) in [5.41, 5.74) is 4.14. The molecule has 3 aromatic carbocycles. The Labute approximate surface area is 217 Å². The number of fused-ring (bicyclic) bond motifs is 4. The minimum atomic E-state index is -0.0614. The number of aromatic hydroxyl groups is 1. The fourth-order valence-electron chi connectivity index (χ4n) is 4.97. The van der Waals surface area contributed by atoms with Gasteiger partial charge in [-0.15, -0.1) is 35.5 Å². The van der Waals surface area contributed by atoms with E-state index in [-0.39, 0.29) is 43.0 Å². The maximum Gasteiger partial charge on any atom is 0.217 e. The summed E-state index contributed by atoms with van der Waals surface area (Å²) in [7, 11) is 0. The van der Waals surface area contributed by atoms with Gasteiger partial charge in [0.2, 0.25) is 5.88 Å². The smallest absolute Gasteiger partial charge is 0.217 e. The molecular weight excluding hydrogens is 623 g/mol. The minimum Gasteiger partial charge on any atom is -0.506 e. The van der Waals surface area contributed by atoms with Crippen molar-refractivity contribution in [2.45, 2.75) is 37.0 Å². The number of aliphatic imine (C=N–C) groups is 1. The second-order valence-corrected chi connectivity index (χ2v) is 10.7. The van der Waals surface area contributed by atoms with E-state index in [4.69, 9.17) is 9.73 Å².